The Kier molecular flexibility index (Phi) is 10.5. The highest BCUT2D eigenvalue weighted by Gasteiger charge is 2.57. The van der Waals surface area contributed by atoms with Crippen LogP contribution in [0.3, 0.4) is 0 Å². The fourth-order valence-electron chi connectivity index (χ4n) is 4.58. The van der Waals surface area contributed by atoms with Crippen molar-refractivity contribution in [2.75, 3.05) is 25.6 Å². The molecule has 0 aliphatic carbocycles. The van der Waals surface area contributed by atoms with Crippen LogP contribution in [-0.2, 0) is 23.4 Å². The Balaban J connectivity index is 1.51. The molecule has 1 aliphatic heterocycles. The first kappa shape index (κ1) is 31.8. The van der Waals surface area contributed by atoms with Crippen molar-refractivity contribution < 1.29 is 42.5 Å². The Hall–Kier alpha value is -3.13. The van der Waals surface area contributed by atoms with Crippen molar-refractivity contribution in [3.05, 3.63) is 54.5 Å². The van der Waals surface area contributed by atoms with E-state index in [4.69, 9.17) is 24.3 Å². The predicted octanol–water partition coefficient (Wildman–Crippen LogP) is 3.12. The largest absolute Gasteiger partial charge is 0.465 e. The second kappa shape index (κ2) is 13.9. The second-order valence-corrected chi connectivity index (χ2v) is 11.8. The fraction of sp³-hybridized carbons (Fsp3) is 0.519. The Morgan fingerprint density at radius 2 is 2.00 bits per heavy atom. The number of alkyl halides is 1. The van der Waals surface area contributed by atoms with E-state index in [0.717, 1.165) is 19.3 Å². The van der Waals surface area contributed by atoms with Crippen molar-refractivity contribution in [3.8, 4) is 5.75 Å². The van der Waals surface area contributed by atoms with Gasteiger partial charge in [0.2, 0.25) is 0 Å². The number of nitrogens with zero attached hydrogens (tertiary/aromatic N) is 3. The number of aromatic nitrogens is 3. The van der Waals surface area contributed by atoms with E-state index in [1.54, 1.807) is 30.3 Å². The molecule has 1 aliphatic rings. The molecule has 2 aromatic heterocycles. The maximum Gasteiger partial charge on any atom is 0.459 e. The number of carbonyl (C=O) groups is 1. The Morgan fingerprint density at radius 3 is 2.71 bits per heavy atom. The summed E-state index contributed by atoms with van der Waals surface area (Å²) in [4.78, 5) is 16.5. The van der Waals surface area contributed by atoms with E-state index in [1.807, 2.05) is 0 Å². The number of para-hydroxylation sites is 1. The molecule has 3 heterocycles. The van der Waals surface area contributed by atoms with Gasteiger partial charge in [-0.1, -0.05) is 44.4 Å². The molecule has 1 aromatic carbocycles. The zero-order valence-corrected chi connectivity index (χ0v) is 24.4. The van der Waals surface area contributed by atoms with Gasteiger partial charge in [-0.2, -0.15) is 10.2 Å². The standard InChI is InChI=1S/C27H37FN5O8P/c1-3-4-5-9-14-38-26(36)18(2)32-42(37,41-19-10-7-6-8-11-19)39-16-27(15-28)24(35)22(34)23(40-27)20-12-13-21-25(29)30-17-31-33(20)21/h6-8,10-13,17-18,22-24,34-35H,3-5,9,14-16H2,1-2H3,(H,32,37)(H2,29,30,31)/t18-,22+,23+,24+,27-,42?/m1/s1. The van der Waals surface area contributed by atoms with Crippen LogP contribution >= 0.6 is 7.75 Å². The molecule has 6 atom stereocenters. The Bertz CT molecular complexity index is 1380. The molecule has 0 radical (unpaired) electrons. The summed E-state index contributed by atoms with van der Waals surface area (Å²) < 4.78 is 52.3. The van der Waals surface area contributed by atoms with E-state index in [2.05, 4.69) is 22.1 Å². The number of benzene rings is 1. The van der Waals surface area contributed by atoms with E-state index in [0.29, 0.717) is 11.9 Å². The third kappa shape index (κ3) is 7.08. The normalized spacial score (nSPS) is 24.4. The number of aliphatic hydroxyl groups is 2. The second-order valence-electron chi connectivity index (χ2n) is 10.1. The molecule has 1 saturated heterocycles. The van der Waals surface area contributed by atoms with E-state index >= 15 is 0 Å². The molecule has 1 fully saturated rings. The molecule has 0 amide bonds. The summed E-state index contributed by atoms with van der Waals surface area (Å²) in [5, 5.41) is 28.5. The lowest BCUT2D eigenvalue weighted by Crippen LogP contribution is -2.49. The van der Waals surface area contributed by atoms with Crippen LogP contribution in [0.5, 0.6) is 5.75 Å². The van der Waals surface area contributed by atoms with E-state index < -0.39 is 57.0 Å². The summed E-state index contributed by atoms with van der Waals surface area (Å²) in [6, 6.07) is 10.1. The number of rotatable bonds is 15. The van der Waals surface area contributed by atoms with Gasteiger partial charge in [0.15, 0.2) is 5.82 Å². The van der Waals surface area contributed by atoms with Crippen molar-refractivity contribution in [3.63, 3.8) is 0 Å². The zero-order chi connectivity index (χ0) is 30.3. The summed E-state index contributed by atoms with van der Waals surface area (Å²) in [5.41, 5.74) is 4.44. The van der Waals surface area contributed by atoms with Gasteiger partial charge >= 0.3 is 13.7 Å². The highest BCUT2D eigenvalue weighted by molar-refractivity contribution is 7.52. The molecule has 0 saturated carbocycles. The minimum Gasteiger partial charge on any atom is -0.465 e. The number of fused-ring (bicyclic) bond motifs is 1. The number of unbranched alkanes of at least 4 members (excludes halogenated alkanes) is 3. The predicted molar refractivity (Wildman–Crippen MR) is 150 cm³/mol. The Morgan fingerprint density at radius 1 is 1.24 bits per heavy atom. The van der Waals surface area contributed by atoms with Gasteiger partial charge in [-0.15, -0.1) is 0 Å². The van der Waals surface area contributed by atoms with Gasteiger partial charge in [0.05, 0.1) is 18.9 Å². The van der Waals surface area contributed by atoms with Gasteiger partial charge in [0.25, 0.3) is 0 Å². The molecule has 15 heteroatoms. The molecule has 0 spiro atoms. The number of carbonyl (C=O) groups excluding carboxylic acids is 1. The van der Waals surface area contributed by atoms with Crippen molar-refractivity contribution in [2.24, 2.45) is 0 Å². The number of nitrogen functional groups attached to an aromatic ring is 1. The first-order valence-electron chi connectivity index (χ1n) is 13.7. The van der Waals surface area contributed by atoms with Crippen molar-refractivity contribution >= 4 is 25.1 Å². The summed E-state index contributed by atoms with van der Waals surface area (Å²) in [6.45, 7) is 1.57. The van der Waals surface area contributed by atoms with Crippen molar-refractivity contribution in [1.82, 2.24) is 19.7 Å². The van der Waals surface area contributed by atoms with Crippen LogP contribution in [0.1, 0.15) is 51.3 Å². The molecule has 42 heavy (non-hydrogen) atoms. The third-order valence-corrected chi connectivity index (χ3v) is 8.58. The van der Waals surface area contributed by atoms with Crippen LogP contribution < -0.4 is 15.3 Å². The molecule has 0 bridgehead atoms. The molecule has 5 N–H and O–H groups in total. The molecule has 4 rings (SSSR count). The molecule has 230 valence electrons. The number of nitrogens with two attached hydrogens (primary N) is 1. The summed E-state index contributed by atoms with van der Waals surface area (Å²) >= 11 is 0. The molecule has 13 nitrogen and oxygen atoms in total. The molecule has 1 unspecified atom stereocenters. The first-order valence-corrected chi connectivity index (χ1v) is 15.3. The van der Waals surface area contributed by atoms with Gasteiger partial charge in [-0.05, 0) is 37.6 Å². The molecular weight excluding hydrogens is 572 g/mol. The number of ether oxygens (including phenoxy) is 2. The zero-order valence-electron chi connectivity index (χ0n) is 23.5. The summed E-state index contributed by atoms with van der Waals surface area (Å²) in [7, 11) is -4.41. The maximum absolute atomic E-state index is 14.6. The van der Waals surface area contributed by atoms with Crippen LogP contribution in [-0.4, -0.2) is 74.5 Å². The number of nitrogens with one attached hydrogen (secondary N) is 1. The van der Waals surface area contributed by atoms with Crippen LogP contribution in [0.15, 0.2) is 48.8 Å². The summed E-state index contributed by atoms with van der Waals surface area (Å²) in [6.07, 6.45) is 0.191. The minimum absolute atomic E-state index is 0.144. The van der Waals surface area contributed by atoms with Crippen LogP contribution in [0.2, 0.25) is 0 Å². The van der Waals surface area contributed by atoms with Crippen LogP contribution in [0.25, 0.3) is 5.52 Å². The van der Waals surface area contributed by atoms with E-state index in [1.165, 1.54) is 29.9 Å². The van der Waals surface area contributed by atoms with Gasteiger partial charge in [0.1, 0.15) is 54.2 Å². The number of halogens is 1. The van der Waals surface area contributed by atoms with E-state index in [9.17, 15) is 24.0 Å². The van der Waals surface area contributed by atoms with E-state index in [-0.39, 0.29) is 23.9 Å². The monoisotopic (exact) mass is 609 g/mol. The lowest BCUT2D eigenvalue weighted by atomic mass is 9.96. The fourth-order valence-corrected chi connectivity index (χ4v) is 6.13. The lowest BCUT2D eigenvalue weighted by Gasteiger charge is -2.31. The average Bonchev–Trinajstić information content (AvgIpc) is 3.52. The highest BCUT2D eigenvalue weighted by Crippen LogP contribution is 2.48. The quantitative estimate of drug-likeness (QED) is 0.113. The van der Waals surface area contributed by atoms with Crippen LogP contribution in [0, 0.1) is 0 Å². The van der Waals surface area contributed by atoms with Crippen LogP contribution in [0.4, 0.5) is 10.2 Å². The minimum atomic E-state index is -4.41. The highest BCUT2D eigenvalue weighted by atomic mass is 31.2. The molecule has 3 aromatic rings. The number of anilines is 1. The van der Waals surface area contributed by atoms with Crippen molar-refractivity contribution in [1.29, 1.82) is 0 Å². The van der Waals surface area contributed by atoms with Gasteiger partial charge < -0.3 is 29.9 Å². The third-order valence-electron chi connectivity index (χ3n) is 6.96. The number of esters is 1. The van der Waals surface area contributed by atoms with Gasteiger partial charge in [-0.25, -0.2) is 18.5 Å². The SMILES string of the molecule is CCCCCCOC(=O)[C@@H](C)NP(=O)(OC[C@@]1(CF)O[C@@H](c2ccc3c(N)ncnn23)[C@H](O)[C@@H]1O)Oc1ccccc1. The number of hydrogen-bond donors (Lipinski definition) is 4. The lowest BCUT2D eigenvalue weighted by molar-refractivity contribution is -0.145. The topological polar surface area (TPSA) is 180 Å². The first-order chi connectivity index (χ1) is 20.1. The molecular formula is C27H37FN5O8P. The summed E-state index contributed by atoms with van der Waals surface area (Å²) in [5.74, 6) is -0.366. The Labute approximate surface area is 242 Å². The maximum atomic E-state index is 14.6. The van der Waals surface area contributed by atoms with Gasteiger partial charge in [0, 0.05) is 0 Å². The number of hydrogen-bond acceptors (Lipinski definition) is 11. The number of aliphatic hydroxyl groups excluding tert-OH is 2. The smallest absolute Gasteiger partial charge is 0.459 e. The van der Waals surface area contributed by atoms with Gasteiger partial charge in [-0.3, -0.25) is 9.32 Å². The average molecular weight is 610 g/mol. The van der Waals surface area contributed by atoms with Crippen molar-refractivity contribution in [2.45, 2.75) is 69.5 Å².